The molecule has 0 radical (unpaired) electrons. The number of nitriles is 1. The third-order valence-electron chi connectivity index (χ3n) is 2.27. The molecule has 0 saturated carbocycles. The Morgan fingerprint density at radius 2 is 2.29 bits per heavy atom. The van der Waals surface area contributed by atoms with Crippen LogP contribution in [0, 0.1) is 11.3 Å². The summed E-state index contributed by atoms with van der Waals surface area (Å²) < 4.78 is 4.81. The number of esters is 1. The predicted molar refractivity (Wildman–Crippen MR) is 62.4 cm³/mol. The summed E-state index contributed by atoms with van der Waals surface area (Å²) in [6.45, 7) is 1.73. The molecule has 1 rings (SSSR count). The van der Waals surface area contributed by atoms with Crippen LogP contribution in [-0.2, 0) is 22.6 Å². The van der Waals surface area contributed by atoms with Crippen LogP contribution in [-0.4, -0.2) is 17.7 Å². The first-order chi connectivity index (χ1) is 8.13. The summed E-state index contributed by atoms with van der Waals surface area (Å²) in [5.74, 6) is -0.444. The van der Waals surface area contributed by atoms with E-state index < -0.39 is 5.97 Å². The molecule has 0 unspecified atom stereocenters. The highest BCUT2D eigenvalue weighted by Gasteiger charge is 2.15. The van der Waals surface area contributed by atoms with Gasteiger partial charge in [0.2, 0.25) is 0 Å². The SMILES string of the molecule is CCOC(=O)Cc1c(CO)ccc(Cl)c1C#N. The molecule has 0 aliphatic carbocycles. The minimum atomic E-state index is -0.444. The largest absolute Gasteiger partial charge is 0.466 e. The van der Waals surface area contributed by atoms with Crippen molar-refractivity contribution < 1.29 is 14.6 Å². The minimum Gasteiger partial charge on any atom is -0.466 e. The van der Waals surface area contributed by atoms with Crippen LogP contribution in [0.15, 0.2) is 12.1 Å². The van der Waals surface area contributed by atoms with E-state index in [0.29, 0.717) is 11.1 Å². The number of nitrogens with zero attached hydrogens (tertiary/aromatic N) is 1. The average Bonchev–Trinajstić information content (AvgIpc) is 2.30. The minimum absolute atomic E-state index is 0.0623. The summed E-state index contributed by atoms with van der Waals surface area (Å²) in [5.41, 5.74) is 1.16. The molecule has 0 amide bonds. The lowest BCUT2D eigenvalue weighted by Crippen LogP contribution is -2.11. The molecular formula is C12H12ClNO3. The van der Waals surface area contributed by atoms with Crippen molar-refractivity contribution in [3.05, 3.63) is 33.8 Å². The molecular weight excluding hydrogens is 242 g/mol. The maximum atomic E-state index is 11.4. The third-order valence-corrected chi connectivity index (χ3v) is 2.58. The van der Waals surface area contributed by atoms with Gasteiger partial charge in [0.05, 0.1) is 30.2 Å². The molecule has 1 N–H and O–H groups in total. The molecule has 5 heteroatoms. The lowest BCUT2D eigenvalue weighted by atomic mass is 9.99. The summed E-state index contributed by atoms with van der Waals surface area (Å²) in [6, 6.07) is 5.06. The molecule has 0 bridgehead atoms. The lowest BCUT2D eigenvalue weighted by molar-refractivity contribution is -0.142. The van der Waals surface area contributed by atoms with Crippen LogP contribution in [0.5, 0.6) is 0 Å². The zero-order valence-corrected chi connectivity index (χ0v) is 10.1. The molecule has 1 aromatic rings. The van der Waals surface area contributed by atoms with Crippen molar-refractivity contribution in [2.75, 3.05) is 6.61 Å². The Morgan fingerprint density at radius 3 is 2.82 bits per heavy atom. The summed E-state index contributed by atoms with van der Waals surface area (Å²) in [4.78, 5) is 11.4. The first kappa shape index (κ1) is 13.5. The van der Waals surface area contributed by atoms with Gasteiger partial charge in [0, 0.05) is 0 Å². The van der Waals surface area contributed by atoms with Gasteiger partial charge < -0.3 is 9.84 Å². The number of benzene rings is 1. The highest BCUT2D eigenvalue weighted by atomic mass is 35.5. The predicted octanol–water partition coefficient (Wildman–Crippen LogP) is 1.81. The first-order valence-electron chi connectivity index (χ1n) is 5.10. The molecule has 0 heterocycles. The molecule has 0 aliphatic heterocycles. The summed E-state index contributed by atoms with van der Waals surface area (Å²) in [6.07, 6.45) is -0.0623. The van der Waals surface area contributed by atoms with E-state index in [1.54, 1.807) is 13.0 Å². The molecule has 4 nitrogen and oxygen atoms in total. The van der Waals surface area contributed by atoms with Crippen molar-refractivity contribution in [1.29, 1.82) is 5.26 Å². The summed E-state index contributed by atoms with van der Waals surface area (Å²) >= 11 is 5.86. The van der Waals surface area contributed by atoms with E-state index in [0.717, 1.165) is 0 Å². The van der Waals surface area contributed by atoms with Crippen molar-refractivity contribution in [3.8, 4) is 6.07 Å². The molecule has 0 aromatic heterocycles. The van der Waals surface area contributed by atoms with Crippen LogP contribution < -0.4 is 0 Å². The molecule has 17 heavy (non-hydrogen) atoms. The molecule has 0 spiro atoms. The average molecular weight is 254 g/mol. The van der Waals surface area contributed by atoms with Crippen molar-refractivity contribution in [3.63, 3.8) is 0 Å². The molecule has 0 saturated heterocycles. The van der Waals surface area contributed by atoms with Gasteiger partial charge in [-0.3, -0.25) is 4.79 Å². The van der Waals surface area contributed by atoms with Gasteiger partial charge in [-0.05, 0) is 24.1 Å². The Bertz CT molecular complexity index is 466. The van der Waals surface area contributed by atoms with Crippen molar-refractivity contribution >= 4 is 17.6 Å². The van der Waals surface area contributed by atoms with Crippen molar-refractivity contribution in [2.45, 2.75) is 20.0 Å². The zero-order chi connectivity index (χ0) is 12.8. The fourth-order valence-corrected chi connectivity index (χ4v) is 1.71. The summed E-state index contributed by atoms with van der Waals surface area (Å²) in [7, 11) is 0. The number of aliphatic hydroxyl groups is 1. The number of rotatable bonds is 4. The number of carbonyl (C=O) groups excluding carboxylic acids is 1. The van der Waals surface area contributed by atoms with E-state index in [9.17, 15) is 4.79 Å². The van der Waals surface area contributed by atoms with Crippen LogP contribution >= 0.6 is 11.6 Å². The third kappa shape index (κ3) is 3.19. The monoisotopic (exact) mass is 253 g/mol. The fraction of sp³-hybridized carbons (Fsp3) is 0.333. The number of aliphatic hydroxyl groups excluding tert-OH is 1. The maximum absolute atomic E-state index is 11.4. The number of carbonyl (C=O) groups is 1. The normalized spacial score (nSPS) is 9.76. The highest BCUT2D eigenvalue weighted by Crippen LogP contribution is 2.24. The number of halogens is 1. The van der Waals surface area contributed by atoms with E-state index in [1.165, 1.54) is 6.07 Å². The Kier molecular flexibility index (Phi) is 4.95. The first-order valence-corrected chi connectivity index (χ1v) is 5.48. The van der Waals surface area contributed by atoms with Gasteiger partial charge in [-0.15, -0.1) is 0 Å². The number of hydrogen-bond donors (Lipinski definition) is 1. The van der Waals surface area contributed by atoms with Crippen LogP contribution in [0.3, 0.4) is 0 Å². The second kappa shape index (κ2) is 6.24. The topological polar surface area (TPSA) is 70.3 Å². The van der Waals surface area contributed by atoms with Gasteiger partial charge in [-0.25, -0.2) is 0 Å². The second-order valence-corrected chi connectivity index (χ2v) is 3.72. The van der Waals surface area contributed by atoms with Crippen LogP contribution in [0.1, 0.15) is 23.6 Å². The molecule has 1 aromatic carbocycles. The molecule has 0 atom stereocenters. The molecule has 0 aliphatic rings. The van der Waals surface area contributed by atoms with Gasteiger partial charge in [-0.2, -0.15) is 5.26 Å². The van der Waals surface area contributed by atoms with Gasteiger partial charge in [-0.1, -0.05) is 17.7 Å². The lowest BCUT2D eigenvalue weighted by Gasteiger charge is -2.10. The van der Waals surface area contributed by atoms with Gasteiger partial charge >= 0.3 is 5.97 Å². The molecule has 90 valence electrons. The smallest absolute Gasteiger partial charge is 0.310 e. The van der Waals surface area contributed by atoms with Crippen LogP contribution in [0.4, 0.5) is 0 Å². The van der Waals surface area contributed by atoms with E-state index in [4.69, 9.17) is 26.7 Å². The Hall–Kier alpha value is -1.57. The van der Waals surface area contributed by atoms with E-state index in [1.807, 2.05) is 6.07 Å². The fourth-order valence-electron chi connectivity index (χ4n) is 1.49. The van der Waals surface area contributed by atoms with Crippen LogP contribution in [0.25, 0.3) is 0 Å². The van der Waals surface area contributed by atoms with Crippen LogP contribution in [0.2, 0.25) is 5.02 Å². The standard InChI is InChI=1S/C12H12ClNO3/c1-2-17-12(16)5-9-8(7-15)3-4-11(13)10(9)6-14/h3-4,15H,2,5,7H2,1H3. The summed E-state index contributed by atoms with van der Waals surface area (Å²) in [5, 5.41) is 18.4. The van der Waals surface area contributed by atoms with Gasteiger partial charge in [0.1, 0.15) is 6.07 Å². The highest BCUT2D eigenvalue weighted by molar-refractivity contribution is 6.31. The van der Waals surface area contributed by atoms with Crippen molar-refractivity contribution in [1.82, 2.24) is 0 Å². The second-order valence-electron chi connectivity index (χ2n) is 3.31. The quantitative estimate of drug-likeness (QED) is 0.831. The number of ether oxygens (including phenoxy) is 1. The van der Waals surface area contributed by atoms with Gasteiger partial charge in [0.25, 0.3) is 0 Å². The Morgan fingerprint density at radius 1 is 1.59 bits per heavy atom. The van der Waals surface area contributed by atoms with E-state index in [2.05, 4.69) is 0 Å². The number of hydrogen-bond acceptors (Lipinski definition) is 4. The molecule has 0 fully saturated rings. The van der Waals surface area contributed by atoms with Gasteiger partial charge in [0.15, 0.2) is 0 Å². The Balaban J connectivity index is 3.15. The Labute approximate surface area is 104 Å². The van der Waals surface area contributed by atoms with E-state index >= 15 is 0 Å². The zero-order valence-electron chi connectivity index (χ0n) is 9.36. The maximum Gasteiger partial charge on any atom is 0.310 e. The van der Waals surface area contributed by atoms with Crippen molar-refractivity contribution in [2.24, 2.45) is 0 Å². The van der Waals surface area contributed by atoms with E-state index in [-0.39, 0.29) is 30.2 Å².